The molecule has 0 spiro atoms. The van der Waals surface area contributed by atoms with Crippen molar-refractivity contribution in [2.24, 2.45) is 0 Å². The number of hydrogen-bond donors (Lipinski definition) is 1. The quantitative estimate of drug-likeness (QED) is 0.876. The zero-order valence-electron chi connectivity index (χ0n) is 10.8. The molecule has 0 aliphatic carbocycles. The third-order valence-electron chi connectivity index (χ3n) is 3.14. The Labute approximate surface area is 106 Å². The van der Waals surface area contributed by atoms with Crippen LogP contribution in [0.2, 0.25) is 0 Å². The molecule has 0 bridgehead atoms. The van der Waals surface area contributed by atoms with Gasteiger partial charge < -0.3 is 19.5 Å². The van der Waals surface area contributed by atoms with Gasteiger partial charge in [-0.3, -0.25) is 4.79 Å². The lowest BCUT2D eigenvalue weighted by Crippen LogP contribution is -2.14. The molecule has 5 nitrogen and oxygen atoms in total. The predicted molar refractivity (Wildman–Crippen MR) is 66.5 cm³/mol. The van der Waals surface area contributed by atoms with Gasteiger partial charge in [-0.2, -0.15) is 0 Å². The van der Waals surface area contributed by atoms with Gasteiger partial charge in [0.25, 0.3) is 0 Å². The second-order valence-corrected chi connectivity index (χ2v) is 4.15. The fourth-order valence-corrected chi connectivity index (χ4v) is 2.24. The molecule has 98 valence electrons. The van der Waals surface area contributed by atoms with Crippen molar-refractivity contribution in [2.45, 2.75) is 12.3 Å². The maximum atomic E-state index is 11.3. The summed E-state index contributed by atoms with van der Waals surface area (Å²) in [6.07, 6.45) is 0.457. The van der Waals surface area contributed by atoms with Crippen molar-refractivity contribution in [1.29, 1.82) is 0 Å². The molecule has 18 heavy (non-hydrogen) atoms. The SMILES string of the molecule is COc1cc(OC)c(C2CNC(=O)C2)c(OC)c1. The molecule has 1 heterocycles. The standard InChI is InChI=1S/C13H17NO4/c1-16-9-5-10(17-2)13(11(6-9)18-3)8-4-12(15)14-7-8/h5-6,8H,4,7H2,1-3H3,(H,14,15). The summed E-state index contributed by atoms with van der Waals surface area (Å²) in [6, 6.07) is 3.61. The highest BCUT2D eigenvalue weighted by Gasteiger charge is 2.29. The largest absolute Gasteiger partial charge is 0.496 e. The van der Waals surface area contributed by atoms with Gasteiger partial charge >= 0.3 is 0 Å². The van der Waals surface area contributed by atoms with E-state index in [9.17, 15) is 4.79 Å². The summed E-state index contributed by atoms with van der Waals surface area (Å²) in [6.45, 7) is 0.609. The van der Waals surface area contributed by atoms with Crippen molar-refractivity contribution in [2.75, 3.05) is 27.9 Å². The third-order valence-corrected chi connectivity index (χ3v) is 3.14. The van der Waals surface area contributed by atoms with Crippen molar-refractivity contribution in [3.05, 3.63) is 17.7 Å². The van der Waals surface area contributed by atoms with E-state index in [-0.39, 0.29) is 11.8 Å². The zero-order chi connectivity index (χ0) is 13.1. The van der Waals surface area contributed by atoms with Crippen LogP contribution in [-0.2, 0) is 4.79 Å². The number of rotatable bonds is 4. The number of ether oxygens (including phenoxy) is 3. The lowest BCUT2D eigenvalue weighted by Gasteiger charge is -2.18. The Morgan fingerprint density at radius 2 is 1.72 bits per heavy atom. The van der Waals surface area contributed by atoms with Gasteiger partial charge in [-0.1, -0.05) is 0 Å². The van der Waals surface area contributed by atoms with Crippen molar-refractivity contribution in [1.82, 2.24) is 5.32 Å². The van der Waals surface area contributed by atoms with Gasteiger partial charge in [-0.25, -0.2) is 0 Å². The van der Waals surface area contributed by atoms with E-state index in [0.717, 1.165) is 5.56 Å². The minimum Gasteiger partial charge on any atom is -0.496 e. The third kappa shape index (κ3) is 2.20. The summed E-state index contributed by atoms with van der Waals surface area (Å²) >= 11 is 0. The number of amides is 1. The Morgan fingerprint density at radius 3 is 2.11 bits per heavy atom. The van der Waals surface area contributed by atoms with Gasteiger partial charge in [0.1, 0.15) is 17.2 Å². The average Bonchev–Trinajstić information content (AvgIpc) is 2.83. The molecule has 1 amide bonds. The Bertz CT molecular complexity index is 433. The van der Waals surface area contributed by atoms with Crippen LogP contribution in [-0.4, -0.2) is 33.8 Å². The number of carbonyl (C=O) groups is 1. The van der Waals surface area contributed by atoms with E-state index in [1.54, 1.807) is 33.5 Å². The molecule has 1 aromatic carbocycles. The maximum absolute atomic E-state index is 11.3. The Morgan fingerprint density at radius 1 is 1.11 bits per heavy atom. The van der Waals surface area contributed by atoms with E-state index in [2.05, 4.69) is 5.32 Å². The summed E-state index contributed by atoms with van der Waals surface area (Å²) in [5.41, 5.74) is 0.916. The molecule has 1 aliphatic rings. The van der Waals surface area contributed by atoms with Crippen molar-refractivity contribution >= 4 is 5.91 Å². The van der Waals surface area contributed by atoms with Crippen molar-refractivity contribution in [3.63, 3.8) is 0 Å². The predicted octanol–water partition coefficient (Wildman–Crippen LogP) is 1.32. The highest BCUT2D eigenvalue weighted by molar-refractivity contribution is 5.80. The molecule has 1 aromatic rings. The van der Waals surface area contributed by atoms with Gasteiger partial charge in [0, 0.05) is 36.6 Å². The molecule has 1 aliphatic heterocycles. The number of carbonyl (C=O) groups excluding carboxylic acids is 1. The van der Waals surface area contributed by atoms with Gasteiger partial charge in [0.05, 0.1) is 21.3 Å². The van der Waals surface area contributed by atoms with Crippen molar-refractivity contribution in [3.8, 4) is 17.2 Å². The minimum absolute atomic E-state index is 0.0555. The molecular formula is C13H17NO4. The van der Waals surface area contributed by atoms with Crippen LogP contribution in [0.5, 0.6) is 17.2 Å². The first kappa shape index (κ1) is 12.5. The van der Waals surface area contributed by atoms with E-state index in [0.29, 0.717) is 30.2 Å². The Kier molecular flexibility index (Phi) is 3.60. The zero-order valence-corrected chi connectivity index (χ0v) is 10.8. The topological polar surface area (TPSA) is 56.8 Å². The fourth-order valence-electron chi connectivity index (χ4n) is 2.24. The number of hydrogen-bond acceptors (Lipinski definition) is 4. The lowest BCUT2D eigenvalue weighted by atomic mass is 9.96. The van der Waals surface area contributed by atoms with E-state index in [1.807, 2.05) is 0 Å². The van der Waals surface area contributed by atoms with Crippen LogP contribution < -0.4 is 19.5 Å². The molecule has 0 aromatic heterocycles. The lowest BCUT2D eigenvalue weighted by molar-refractivity contribution is -0.119. The monoisotopic (exact) mass is 251 g/mol. The number of nitrogens with one attached hydrogen (secondary N) is 1. The fraction of sp³-hybridized carbons (Fsp3) is 0.462. The second-order valence-electron chi connectivity index (χ2n) is 4.15. The number of benzene rings is 1. The van der Waals surface area contributed by atoms with E-state index < -0.39 is 0 Å². The minimum atomic E-state index is 0.0555. The molecule has 1 saturated heterocycles. The first-order chi connectivity index (χ1) is 8.69. The van der Waals surface area contributed by atoms with Crippen LogP contribution in [0.15, 0.2) is 12.1 Å². The molecule has 2 rings (SSSR count). The highest BCUT2D eigenvalue weighted by atomic mass is 16.5. The summed E-state index contributed by atoms with van der Waals surface area (Å²) in [7, 11) is 4.79. The molecule has 0 radical (unpaired) electrons. The maximum Gasteiger partial charge on any atom is 0.220 e. The summed E-state index contributed by atoms with van der Waals surface area (Å²) < 4.78 is 16.0. The first-order valence-corrected chi connectivity index (χ1v) is 5.76. The van der Waals surface area contributed by atoms with Gasteiger partial charge in [0.15, 0.2) is 0 Å². The normalized spacial score (nSPS) is 18.4. The smallest absolute Gasteiger partial charge is 0.220 e. The highest BCUT2D eigenvalue weighted by Crippen LogP contribution is 2.41. The van der Waals surface area contributed by atoms with Gasteiger partial charge in [0.2, 0.25) is 5.91 Å². The first-order valence-electron chi connectivity index (χ1n) is 5.76. The molecule has 1 fully saturated rings. The second kappa shape index (κ2) is 5.16. The van der Waals surface area contributed by atoms with Crippen LogP contribution in [0, 0.1) is 0 Å². The number of methoxy groups -OCH3 is 3. The van der Waals surface area contributed by atoms with E-state index in [4.69, 9.17) is 14.2 Å². The molecule has 0 saturated carbocycles. The summed E-state index contributed by atoms with van der Waals surface area (Å²) in [5, 5.41) is 2.82. The molecule has 1 atom stereocenters. The molecular weight excluding hydrogens is 234 g/mol. The van der Waals surface area contributed by atoms with Crippen LogP contribution in [0.1, 0.15) is 17.9 Å². The average molecular weight is 251 g/mol. The van der Waals surface area contributed by atoms with Gasteiger partial charge in [-0.05, 0) is 0 Å². The Hall–Kier alpha value is -1.91. The molecule has 1 unspecified atom stereocenters. The summed E-state index contributed by atoms with van der Waals surface area (Å²) in [4.78, 5) is 11.3. The van der Waals surface area contributed by atoms with Crippen LogP contribution in [0.4, 0.5) is 0 Å². The van der Waals surface area contributed by atoms with E-state index in [1.165, 1.54) is 0 Å². The summed E-state index contributed by atoms with van der Waals surface area (Å²) in [5.74, 6) is 2.18. The van der Waals surface area contributed by atoms with Gasteiger partial charge in [-0.15, -0.1) is 0 Å². The van der Waals surface area contributed by atoms with Crippen LogP contribution in [0.25, 0.3) is 0 Å². The molecule has 1 N–H and O–H groups in total. The van der Waals surface area contributed by atoms with E-state index >= 15 is 0 Å². The molecule has 5 heteroatoms. The van der Waals surface area contributed by atoms with Crippen molar-refractivity contribution < 1.29 is 19.0 Å². The van der Waals surface area contributed by atoms with Crippen LogP contribution in [0.3, 0.4) is 0 Å². The van der Waals surface area contributed by atoms with Crippen LogP contribution >= 0.6 is 0 Å². The Balaban J connectivity index is 2.46.